The molecule has 0 aliphatic rings. The van der Waals surface area contributed by atoms with Crippen LogP contribution in [0.4, 0.5) is 0 Å². The first kappa shape index (κ1) is 10.2. The monoisotopic (exact) mass is 203 g/mol. The Morgan fingerprint density at radius 3 is 2.87 bits per heavy atom. The molecule has 0 aliphatic carbocycles. The Bertz CT molecular complexity index is 471. The van der Waals surface area contributed by atoms with Gasteiger partial charge in [-0.15, -0.1) is 0 Å². The molecule has 0 radical (unpaired) electrons. The summed E-state index contributed by atoms with van der Waals surface area (Å²) >= 11 is 0. The van der Waals surface area contributed by atoms with Gasteiger partial charge in [-0.3, -0.25) is 0 Å². The van der Waals surface area contributed by atoms with E-state index in [1.54, 1.807) is 0 Å². The standard InChI is InChI=1S/C12H17N3/c1-4-12-14-10(7-13-3)11-6-5-9(2)8-15(11)12/h5-6,8,13H,4,7H2,1-3H3. The van der Waals surface area contributed by atoms with Gasteiger partial charge < -0.3 is 9.72 Å². The van der Waals surface area contributed by atoms with Gasteiger partial charge in [-0.1, -0.05) is 13.0 Å². The van der Waals surface area contributed by atoms with E-state index in [2.05, 4.69) is 46.9 Å². The summed E-state index contributed by atoms with van der Waals surface area (Å²) in [6.07, 6.45) is 3.12. The molecule has 0 saturated heterocycles. The molecule has 80 valence electrons. The molecule has 3 nitrogen and oxygen atoms in total. The first-order valence-corrected chi connectivity index (χ1v) is 5.37. The van der Waals surface area contributed by atoms with E-state index in [9.17, 15) is 0 Å². The number of nitrogens with one attached hydrogen (secondary N) is 1. The fraction of sp³-hybridized carbons (Fsp3) is 0.417. The van der Waals surface area contributed by atoms with E-state index in [1.165, 1.54) is 11.1 Å². The van der Waals surface area contributed by atoms with E-state index in [4.69, 9.17) is 0 Å². The number of hydrogen-bond donors (Lipinski definition) is 1. The second-order valence-electron chi connectivity index (χ2n) is 3.82. The SMILES string of the molecule is CCc1nc(CNC)c2ccc(C)cn12. The largest absolute Gasteiger partial charge is 0.314 e. The van der Waals surface area contributed by atoms with Crippen LogP contribution in [0.2, 0.25) is 0 Å². The normalized spacial score (nSPS) is 11.1. The maximum Gasteiger partial charge on any atom is 0.113 e. The van der Waals surface area contributed by atoms with Crippen molar-refractivity contribution < 1.29 is 0 Å². The van der Waals surface area contributed by atoms with Crippen LogP contribution in [0.3, 0.4) is 0 Å². The van der Waals surface area contributed by atoms with Crippen molar-refractivity contribution in [1.82, 2.24) is 14.7 Å². The van der Waals surface area contributed by atoms with Gasteiger partial charge in [-0.25, -0.2) is 4.98 Å². The van der Waals surface area contributed by atoms with Crippen LogP contribution in [0.1, 0.15) is 24.0 Å². The molecule has 2 rings (SSSR count). The van der Waals surface area contributed by atoms with E-state index in [-0.39, 0.29) is 0 Å². The summed E-state index contributed by atoms with van der Waals surface area (Å²) in [6.45, 7) is 5.07. The zero-order chi connectivity index (χ0) is 10.8. The van der Waals surface area contributed by atoms with Gasteiger partial charge in [0.2, 0.25) is 0 Å². The maximum atomic E-state index is 4.64. The highest BCUT2D eigenvalue weighted by atomic mass is 15.0. The zero-order valence-electron chi connectivity index (χ0n) is 9.54. The summed E-state index contributed by atoms with van der Waals surface area (Å²) in [4.78, 5) is 4.64. The Labute approximate surface area is 90.1 Å². The fourth-order valence-electron chi connectivity index (χ4n) is 1.87. The molecule has 15 heavy (non-hydrogen) atoms. The second kappa shape index (κ2) is 4.03. The van der Waals surface area contributed by atoms with Gasteiger partial charge in [-0.2, -0.15) is 0 Å². The van der Waals surface area contributed by atoms with Gasteiger partial charge in [0.15, 0.2) is 0 Å². The minimum atomic E-state index is 0.826. The summed E-state index contributed by atoms with van der Waals surface area (Å²) in [5, 5.41) is 3.15. The number of rotatable bonds is 3. The summed E-state index contributed by atoms with van der Waals surface area (Å²) in [5.41, 5.74) is 3.62. The number of aromatic nitrogens is 2. The van der Waals surface area contributed by atoms with Gasteiger partial charge in [0, 0.05) is 19.2 Å². The van der Waals surface area contributed by atoms with E-state index >= 15 is 0 Å². The Kier molecular flexibility index (Phi) is 2.73. The zero-order valence-corrected chi connectivity index (χ0v) is 9.54. The Hall–Kier alpha value is -1.35. The predicted molar refractivity (Wildman–Crippen MR) is 62.1 cm³/mol. The first-order chi connectivity index (χ1) is 7.26. The van der Waals surface area contributed by atoms with Gasteiger partial charge in [-0.05, 0) is 25.6 Å². The van der Waals surface area contributed by atoms with Crippen molar-refractivity contribution in [2.24, 2.45) is 0 Å². The van der Waals surface area contributed by atoms with Crippen molar-refractivity contribution in [2.45, 2.75) is 26.8 Å². The molecule has 0 atom stereocenters. The van der Waals surface area contributed by atoms with Crippen LogP contribution in [-0.2, 0) is 13.0 Å². The molecule has 1 N–H and O–H groups in total. The van der Waals surface area contributed by atoms with Crippen LogP contribution in [0.25, 0.3) is 5.52 Å². The molecular formula is C12H17N3. The minimum Gasteiger partial charge on any atom is -0.314 e. The molecule has 3 heteroatoms. The third kappa shape index (κ3) is 1.75. The third-order valence-corrected chi connectivity index (χ3v) is 2.59. The maximum absolute atomic E-state index is 4.64. The fourth-order valence-corrected chi connectivity index (χ4v) is 1.87. The summed E-state index contributed by atoms with van der Waals surface area (Å²) in [6, 6.07) is 4.28. The lowest BCUT2D eigenvalue weighted by Crippen LogP contribution is -2.05. The van der Waals surface area contributed by atoms with Crippen LogP contribution >= 0.6 is 0 Å². The third-order valence-electron chi connectivity index (χ3n) is 2.59. The molecule has 0 fully saturated rings. The van der Waals surface area contributed by atoms with E-state index in [0.717, 1.165) is 24.5 Å². The lowest BCUT2D eigenvalue weighted by Gasteiger charge is -2.00. The second-order valence-corrected chi connectivity index (χ2v) is 3.82. The van der Waals surface area contributed by atoms with Gasteiger partial charge in [0.1, 0.15) is 5.82 Å². The van der Waals surface area contributed by atoms with Crippen LogP contribution in [0.15, 0.2) is 18.3 Å². The highest BCUT2D eigenvalue weighted by Crippen LogP contribution is 2.14. The molecule has 2 aromatic heterocycles. The van der Waals surface area contributed by atoms with E-state index in [1.807, 2.05) is 7.05 Å². The smallest absolute Gasteiger partial charge is 0.113 e. The average molecular weight is 203 g/mol. The van der Waals surface area contributed by atoms with Crippen LogP contribution in [-0.4, -0.2) is 16.4 Å². The van der Waals surface area contributed by atoms with Gasteiger partial charge in [0.05, 0.1) is 11.2 Å². The molecular weight excluding hydrogens is 186 g/mol. The van der Waals surface area contributed by atoms with Crippen molar-refractivity contribution >= 4 is 5.52 Å². The van der Waals surface area contributed by atoms with Crippen molar-refractivity contribution in [3.8, 4) is 0 Å². The number of hydrogen-bond acceptors (Lipinski definition) is 2. The summed E-state index contributed by atoms with van der Waals surface area (Å²) in [7, 11) is 1.95. The molecule has 0 aromatic carbocycles. The number of aryl methyl sites for hydroxylation is 2. The first-order valence-electron chi connectivity index (χ1n) is 5.37. The highest BCUT2D eigenvalue weighted by Gasteiger charge is 2.08. The summed E-state index contributed by atoms with van der Waals surface area (Å²) < 4.78 is 2.20. The Balaban J connectivity index is 2.64. The van der Waals surface area contributed by atoms with Crippen molar-refractivity contribution in [1.29, 1.82) is 0 Å². The van der Waals surface area contributed by atoms with Crippen molar-refractivity contribution in [2.75, 3.05) is 7.05 Å². The van der Waals surface area contributed by atoms with Crippen LogP contribution in [0, 0.1) is 6.92 Å². The number of imidazole rings is 1. The molecule has 0 amide bonds. The molecule has 0 aliphatic heterocycles. The van der Waals surface area contributed by atoms with Crippen LogP contribution < -0.4 is 5.32 Å². The topological polar surface area (TPSA) is 29.3 Å². The lowest BCUT2D eigenvalue weighted by atomic mass is 10.2. The number of nitrogens with zero attached hydrogens (tertiary/aromatic N) is 2. The number of pyridine rings is 1. The van der Waals surface area contributed by atoms with E-state index in [0.29, 0.717) is 0 Å². The minimum absolute atomic E-state index is 0.826. The van der Waals surface area contributed by atoms with Crippen molar-refractivity contribution in [3.63, 3.8) is 0 Å². The molecule has 2 heterocycles. The predicted octanol–water partition coefficient (Wildman–Crippen LogP) is 1.92. The Morgan fingerprint density at radius 2 is 2.20 bits per heavy atom. The Morgan fingerprint density at radius 1 is 1.40 bits per heavy atom. The number of fused-ring (bicyclic) bond motifs is 1. The van der Waals surface area contributed by atoms with Crippen molar-refractivity contribution in [3.05, 3.63) is 35.4 Å². The summed E-state index contributed by atoms with van der Waals surface area (Å²) in [5.74, 6) is 1.14. The van der Waals surface area contributed by atoms with Gasteiger partial charge >= 0.3 is 0 Å². The molecule has 0 spiro atoms. The van der Waals surface area contributed by atoms with Crippen LogP contribution in [0.5, 0.6) is 0 Å². The molecule has 2 aromatic rings. The quantitative estimate of drug-likeness (QED) is 0.826. The average Bonchev–Trinajstić information content (AvgIpc) is 2.56. The van der Waals surface area contributed by atoms with Gasteiger partial charge in [0.25, 0.3) is 0 Å². The molecule has 0 bridgehead atoms. The van der Waals surface area contributed by atoms with E-state index < -0.39 is 0 Å². The highest BCUT2D eigenvalue weighted by molar-refractivity contribution is 5.54. The molecule has 0 saturated carbocycles. The lowest BCUT2D eigenvalue weighted by molar-refractivity contribution is 0.796. The molecule has 0 unspecified atom stereocenters.